The molecule has 0 saturated carbocycles. The largest absolute Gasteiger partial charge is 0.296 e. The minimum absolute atomic E-state index is 0.128. The van der Waals surface area contributed by atoms with Crippen molar-refractivity contribution in [3.05, 3.63) is 65.5 Å². The summed E-state index contributed by atoms with van der Waals surface area (Å²) >= 11 is 0. The van der Waals surface area contributed by atoms with Crippen molar-refractivity contribution >= 4 is 5.78 Å². The molecular formula is C18H22N2O. The quantitative estimate of drug-likeness (QED) is 0.763. The molecule has 1 aromatic heterocycles. The van der Waals surface area contributed by atoms with E-state index >= 15 is 0 Å². The number of likely N-dealkylation sites (N-methyl/N-ethyl adjacent to an activating group) is 1. The predicted molar refractivity (Wildman–Crippen MR) is 85.5 cm³/mol. The fourth-order valence-corrected chi connectivity index (χ4v) is 2.19. The summed E-state index contributed by atoms with van der Waals surface area (Å²) in [6.45, 7) is 4.80. The lowest BCUT2D eigenvalue weighted by Crippen LogP contribution is -2.37. The number of ketones is 1. The van der Waals surface area contributed by atoms with Crippen molar-refractivity contribution in [3.63, 3.8) is 0 Å². The Morgan fingerprint density at radius 2 is 1.90 bits per heavy atom. The molecule has 3 heteroatoms. The molecule has 0 aliphatic heterocycles. The zero-order valence-corrected chi connectivity index (χ0v) is 12.9. The molecule has 0 aliphatic carbocycles. The van der Waals surface area contributed by atoms with Crippen molar-refractivity contribution in [3.8, 4) is 0 Å². The minimum atomic E-state index is -0.128. The number of rotatable bonds is 6. The number of Topliss-reactive ketones (excluding diaryl/α,β-unsaturated/α-hetero) is 1. The Bertz CT molecular complexity index is 578. The first-order valence-corrected chi connectivity index (χ1v) is 7.29. The molecule has 0 saturated heterocycles. The average molecular weight is 282 g/mol. The van der Waals surface area contributed by atoms with E-state index in [4.69, 9.17) is 0 Å². The lowest BCUT2D eigenvalue weighted by Gasteiger charge is -2.23. The molecule has 21 heavy (non-hydrogen) atoms. The lowest BCUT2D eigenvalue weighted by atomic mass is 10.0. The molecule has 0 aliphatic rings. The summed E-state index contributed by atoms with van der Waals surface area (Å²) in [6.07, 6.45) is 2.65. The molecule has 3 nitrogen and oxygen atoms in total. The van der Waals surface area contributed by atoms with Gasteiger partial charge in [0.1, 0.15) is 0 Å². The second kappa shape index (κ2) is 7.14. The number of aromatic nitrogens is 1. The van der Waals surface area contributed by atoms with E-state index in [0.717, 1.165) is 24.2 Å². The maximum absolute atomic E-state index is 12.5. The first kappa shape index (κ1) is 15.4. The topological polar surface area (TPSA) is 33.2 Å². The molecular weight excluding hydrogens is 260 g/mol. The van der Waals surface area contributed by atoms with E-state index in [2.05, 4.69) is 9.88 Å². The Labute approximate surface area is 126 Å². The summed E-state index contributed by atoms with van der Waals surface area (Å²) in [6, 6.07) is 13.6. The Hall–Kier alpha value is -2.00. The summed E-state index contributed by atoms with van der Waals surface area (Å²) in [4.78, 5) is 18.8. The Morgan fingerprint density at radius 3 is 2.52 bits per heavy atom. The zero-order chi connectivity index (χ0) is 15.2. The van der Waals surface area contributed by atoms with Gasteiger partial charge in [0.2, 0.25) is 0 Å². The number of nitrogens with zero attached hydrogens (tertiary/aromatic N) is 2. The average Bonchev–Trinajstić information content (AvgIpc) is 2.53. The van der Waals surface area contributed by atoms with Crippen molar-refractivity contribution < 1.29 is 4.79 Å². The van der Waals surface area contributed by atoms with Crippen LogP contribution in [0.1, 0.15) is 28.5 Å². The third kappa shape index (κ3) is 4.23. The summed E-state index contributed by atoms with van der Waals surface area (Å²) in [5.74, 6) is 0.165. The maximum Gasteiger partial charge on any atom is 0.179 e. The summed E-state index contributed by atoms with van der Waals surface area (Å²) in [5, 5.41) is 0. The SMILES string of the molecule is Cc1ccc(C(=O)C(C)N(C)CCc2ccccn2)cc1. The molecule has 0 bridgehead atoms. The third-order valence-electron chi connectivity index (χ3n) is 3.82. The van der Waals surface area contributed by atoms with Crippen molar-refractivity contribution in [2.24, 2.45) is 0 Å². The van der Waals surface area contributed by atoms with E-state index in [9.17, 15) is 4.79 Å². The highest BCUT2D eigenvalue weighted by atomic mass is 16.1. The van der Waals surface area contributed by atoms with Crippen molar-refractivity contribution in [1.29, 1.82) is 0 Å². The van der Waals surface area contributed by atoms with Gasteiger partial charge in [-0.25, -0.2) is 0 Å². The molecule has 2 aromatic rings. The molecule has 0 fully saturated rings. The van der Waals surface area contributed by atoms with Gasteiger partial charge in [0.05, 0.1) is 6.04 Å². The van der Waals surface area contributed by atoms with Crippen LogP contribution < -0.4 is 0 Å². The predicted octanol–water partition coefficient (Wildman–Crippen LogP) is 3.14. The van der Waals surface area contributed by atoms with E-state index in [1.165, 1.54) is 5.56 Å². The Kier molecular flexibility index (Phi) is 5.23. The van der Waals surface area contributed by atoms with Gasteiger partial charge in [-0.2, -0.15) is 0 Å². The smallest absolute Gasteiger partial charge is 0.179 e. The fraction of sp³-hybridized carbons (Fsp3) is 0.333. The van der Waals surface area contributed by atoms with E-state index < -0.39 is 0 Å². The highest BCUT2D eigenvalue weighted by Gasteiger charge is 2.19. The molecule has 1 atom stereocenters. The van der Waals surface area contributed by atoms with Crippen LogP contribution in [0.15, 0.2) is 48.7 Å². The molecule has 0 N–H and O–H groups in total. The number of aryl methyl sites for hydroxylation is 1. The molecule has 0 amide bonds. The first-order valence-electron chi connectivity index (χ1n) is 7.29. The maximum atomic E-state index is 12.5. The van der Waals surface area contributed by atoms with Crippen LogP contribution in [-0.2, 0) is 6.42 Å². The van der Waals surface area contributed by atoms with Gasteiger partial charge in [0, 0.05) is 30.4 Å². The van der Waals surface area contributed by atoms with E-state index in [1.807, 2.05) is 63.4 Å². The van der Waals surface area contributed by atoms with Gasteiger partial charge in [0.25, 0.3) is 0 Å². The summed E-state index contributed by atoms with van der Waals surface area (Å²) < 4.78 is 0. The van der Waals surface area contributed by atoms with Crippen LogP contribution in [-0.4, -0.2) is 35.3 Å². The third-order valence-corrected chi connectivity index (χ3v) is 3.82. The van der Waals surface area contributed by atoms with Crippen LogP contribution in [0.5, 0.6) is 0 Å². The number of hydrogen-bond donors (Lipinski definition) is 0. The highest BCUT2D eigenvalue weighted by Crippen LogP contribution is 2.10. The minimum Gasteiger partial charge on any atom is -0.296 e. The molecule has 2 rings (SSSR count). The highest BCUT2D eigenvalue weighted by molar-refractivity contribution is 5.99. The number of hydrogen-bond acceptors (Lipinski definition) is 3. The van der Waals surface area contributed by atoms with Gasteiger partial charge in [-0.3, -0.25) is 14.7 Å². The van der Waals surface area contributed by atoms with Crippen LogP contribution in [0.4, 0.5) is 0 Å². The van der Waals surface area contributed by atoms with E-state index in [1.54, 1.807) is 6.20 Å². The zero-order valence-electron chi connectivity index (χ0n) is 12.9. The van der Waals surface area contributed by atoms with Crippen LogP contribution in [0, 0.1) is 6.92 Å². The van der Waals surface area contributed by atoms with Crippen molar-refractivity contribution in [1.82, 2.24) is 9.88 Å². The molecule has 1 heterocycles. The summed E-state index contributed by atoms with van der Waals surface area (Å²) in [7, 11) is 1.99. The molecule has 0 radical (unpaired) electrons. The van der Waals surface area contributed by atoms with Gasteiger partial charge >= 0.3 is 0 Å². The Balaban J connectivity index is 1.93. The second-order valence-corrected chi connectivity index (χ2v) is 5.46. The monoisotopic (exact) mass is 282 g/mol. The van der Waals surface area contributed by atoms with E-state index in [-0.39, 0.29) is 11.8 Å². The lowest BCUT2D eigenvalue weighted by molar-refractivity contribution is 0.0869. The van der Waals surface area contributed by atoms with Crippen LogP contribution in [0.2, 0.25) is 0 Å². The van der Waals surface area contributed by atoms with Crippen molar-refractivity contribution in [2.45, 2.75) is 26.3 Å². The Morgan fingerprint density at radius 1 is 1.19 bits per heavy atom. The van der Waals surface area contributed by atoms with Gasteiger partial charge in [-0.05, 0) is 33.0 Å². The van der Waals surface area contributed by atoms with Crippen LogP contribution in [0.25, 0.3) is 0 Å². The van der Waals surface area contributed by atoms with Crippen LogP contribution in [0.3, 0.4) is 0 Å². The molecule has 1 aromatic carbocycles. The first-order chi connectivity index (χ1) is 10.1. The summed E-state index contributed by atoms with van der Waals surface area (Å²) in [5.41, 5.74) is 3.00. The van der Waals surface area contributed by atoms with E-state index in [0.29, 0.717) is 0 Å². The molecule has 110 valence electrons. The van der Waals surface area contributed by atoms with Gasteiger partial charge < -0.3 is 0 Å². The molecule has 0 spiro atoms. The number of carbonyl (C=O) groups excluding carboxylic acids is 1. The number of pyridine rings is 1. The fourth-order valence-electron chi connectivity index (χ4n) is 2.19. The van der Waals surface area contributed by atoms with Gasteiger partial charge in [0.15, 0.2) is 5.78 Å². The standard InChI is InChI=1S/C18H22N2O/c1-14-7-9-16(10-8-14)18(21)15(2)20(3)13-11-17-6-4-5-12-19-17/h4-10,12,15H,11,13H2,1-3H3. The van der Waals surface area contributed by atoms with Gasteiger partial charge in [-0.15, -0.1) is 0 Å². The second-order valence-electron chi connectivity index (χ2n) is 5.46. The number of benzene rings is 1. The van der Waals surface area contributed by atoms with Gasteiger partial charge in [-0.1, -0.05) is 35.9 Å². The molecule has 1 unspecified atom stereocenters. The normalized spacial score (nSPS) is 12.4. The number of carbonyl (C=O) groups is 1. The van der Waals surface area contributed by atoms with Crippen LogP contribution >= 0.6 is 0 Å². The van der Waals surface area contributed by atoms with Crippen molar-refractivity contribution in [2.75, 3.05) is 13.6 Å².